The van der Waals surface area contributed by atoms with Crippen LogP contribution in [0.4, 0.5) is 0 Å². The normalized spacial score (nSPS) is 29.2. The molecule has 4 rings (SSSR count). The van der Waals surface area contributed by atoms with Gasteiger partial charge in [-0.2, -0.15) is 0 Å². The van der Waals surface area contributed by atoms with Gasteiger partial charge < -0.3 is 24.3 Å². The van der Waals surface area contributed by atoms with Crippen LogP contribution in [0, 0.1) is 12.3 Å². The Morgan fingerprint density at radius 1 is 1.35 bits per heavy atom. The molecule has 3 aliphatic rings. The first kappa shape index (κ1) is 17.7. The number of hydrogen-bond acceptors (Lipinski definition) is 5. The lowest BCUT2D eigenvalue weighted by molar-refractivity contribution is 0.113. The van der Waals surface area contributed by atoms with Crippen molar-refractivity contribution in [3.63, 3.8) is 0 Å². The van der Waals surface area contributed by atoms with Crippen molar-refractivity contribution in [1.82, 2.24) is 25.0 Å². The van der Waals surface area contributed by atoms with Crippen molar-refractivity contribution in [2.45, 2.75) is 45.3 Å². The van der Waals surface area contributed by atoms with Gasteiger partial charge in [0, 0.05) is 45.3 Å². The predicted molar refractivity (Wildman–Crippen MR) is 97.9 cm³/mol. The first-order chi connectivity index (χ1) is 12.7. The first-order valence-electron chi connectivity index (χ1n) is 9.73. The number of nitrogens with zero attached hydrogens (tertiary/aromatic N) is 5. The molecule has 1 N–H and O–H groups in total. The fourth-order valence-electron chi connectivity index (χ4n) is 4.10. The standard InChI is InChI=1S/C18H30N6O2/c1-14-21-22-16(23(14)2)11-20-17(19-10-15-4-3-8-26-15)24-7-5-18(12-24)6-9-25-13-18/h15H,3-13H2,1-2H3,(H,19,20). The van der Waals surface area contributed by atoms with Crippen molar-refractivity contribution in [3.8, 4) is 0 Å². The van der Waals surface area contributed by atoms with Gasteiger partial charge in [0.2, 0.25) is 0 Å². The van der Waals surface area contributed by atoms with Gasteiger partial charge in [-0.15, -0.1) is 10.2 Å². The fourth-order valence-corrected chi connectivity index (χ4v) is 4.10. The summed E-state index contributed by atoms with van der Waals surface area (Å²) in [5, 5.41) is 11.9. The molecule has 4 heterocycles. The molecule has 0 aliphatic carbocycles. The fraction of sp³-hybridized carbons (Fsp3) is 0.833. The predicted octanol–water partition coefficient (Wildman–Crippen LogP) is 0.861. The van der Waals surface area contributed by atoms with E-state index in [0.29, 0.717) is 18.1 Å². The van der Waals surface area contributed by atoms with Crippen LogP contribution in [0.5, 0.6) is 0 Å². The van der Waals surface area contributed by atoms with Crippen LogP contribution in [-0.2, 0) is 23.1 Å². The number of guanidine groups is 1. The van der Waals surface area contributed by atoms with Gasteiger partial charge in [-0.1, -0.05) is 0 Å². The van der Waals surface area contributed by atoms with Crippen LogP contribution in [0.2, 0.25) is 0 Å². The van der Waals surface area contributed by atoms with Gasteiger partial charge in [0.05, 0.1) is 12.7 Å². The van der Waals surface area contributed by atoms with Crippen molar-refractivity contribution in [2.24, 2.45) is 17.5 Å². The molecular formula is C18H30N6O2. The smallest absolute Gasteiger partial charge is 0.194 e. The maximum absolute atomic E-state index is 5.76. The minimum absolute atomic E-state index is 0.295. The monoisotopic (exact) mass is 362 g/mol. The van der Waals surface area contributed by atoms with Crippen LogP contribution < -0.4 is 5.32 Å². The molecule has 8 nitrogen and oxygen atoms in total. The molecule has 1 aromatic heterocycles. The Morgan fingerprint density at radius 3 is 2.96 bits per heavy atom. The zero-order chi connectivity index (χ0) is 18.0. The molecule has 0 amide bonds. The van der Waals surface area contributed by atoms with Crippen molar-refractivity contribution >= 4 is 5.96 Å². The van der Waals surface area contributed by atoms with Crippen LogP contribution in [0.3, 0.4) is 0 Å². The van der Waals surface area contributed by atoms with E-state index in [1.807, 2.05) is 18.5 Å². The van der Waals surface area contributed by atoms with Crippen LogP contribution in [0.25, 0.3) is 0 Å². The highest BCUT2D eigenvalue weighted by atomic mass is 16.5. The van der Waals surface area contributed by atoms with E-state index >= 15 is 0 Å². The van der Waals surface area contributed by atoms with Gasteiger partial charge in [-0.3, -0.25) is 0 Å². The number of hydrogen-bond donors (Lipinski definition) is 1. The SMILES string of the molecule is Cc1nnc(CN=C(NCC2CCCO2)N2CCC3(CCOC3)C2)n1C. The number of aliphatic imine (C=N–C) groups is 1. The van der Waals surface area contributed by atoms with E-state index in [1.165, 1.54) is 6.42 Å². The Balaban J connectivity index is 1.45. The maximum atomic E-state index is 5.76. The summed E-state index contributed by atoms with van der Waals surface area (Å²) < 4.78 is 13.4. The van der Waals surface area contributed by atoms with Gasteiger partial charge in [-0.05, 0) is 32.6 Å². The minimum atomic E-state index is 0.295. The van der Waals surface area contributed by atoms with Gasteiger partial charge in [0.15, 0.2) is 11.8 Å². The number of aromatic nitrogens is 3. The molecule has 144 valence electrons. The van der Waals surface area contributed by atoms with Crippen molar-refractivity contribution < 1.29 is 9.47 Å². The molecule has 3 saturated heterocycles. The van der Waals surface area contributed by atoms with E-state index in [2.05, 4.69) is 20.4 Å². The first-order valence-corrected chi connectivity index (χ1v) is 9.73. The number of rotatable bonds is 4. The highest BCUT2D eigenvalue weighted by molar-refractivity contribution is 5.80. The van der Waals surface area contributed by atoms with Gasteiger partial charge in [-0.25, -0.2) is 4.99 Å². The summed E-state index contributed by atoms with van der Waals surface area (Å²) in [4.78, 5) is 7.26. The topological polar surface area (TPSA) is 76.8 Å². The highest BCUT2D eigenvalue weighted by Crippen LogP contribution is 2.38. The number of aryl methyl sites for hydroxylation is 1. The second-order valence-electron chi connectivity index (χ2n) is 7.85. The van der Waals surface area contributed by atoms with E-state index in [4.69, 9.17) is 14.5 Å². The van der Waals surface area contributed by atoms with E-state index in [-0.39, 0.29) is 0 Å². The molecule has 1 aromatic rings. The summed E-state index contributed by atoms with van der Waals surface area (Å²) in [5.74, 6) is 2.76. The Hall–Kier alpha value is -1.67. The minimum Gasteiger partial charge on any atom is -0.381 e. The third-order valence-electron chi connectivity index (χ3n) is 5.99. The summed E-state index contributed by atoms with van der Waals surface area (Å²) in [6.07, 6.45) is 4.91. The summed E-state index contributed by atoms with van der Waals surface area (Å²) in [6.45, 7) is 8.00. The molecule has 0 radical (unpaired) electrons. The molecule has 2 atom stereocenters. The van der Waals surface area contributed by atoms with Crippen LogP contribution in [-0.4, -0.2) is 71.2 Å². The average molecular weight is 362 g/mol. The molecule has 2 unspecified atom stereocenters. The third-order valence-corrected chi connectivity index (χ3v) is 5.99. The van der Waals surface area contributed by atoms with Crippen LogP contribution in [0.1, 0.15) is 37.3 Å². The van der Waals surface area contributed by atoms with E-state index in [0.717, 1.165) is 76.3 Å². The Kier molecular flexibility index (Phi) is 5.13. The van der Waals surface area contributed by atoms with Crippen molar-refractivity contribution in [3.05, 3.63) is 11.6 Å². The van der Waals surface area contributed by atoms with Crippen molar-refractivity contribution in [1.29, 1.82) is 0 Å². The number of nitrogens with one attached hydrogen (secondary N) is 1. The van der Waals surface area contributed by atoms with E-state index < -0.39 is 0 Å². The molecule has 3 aliphatic heterocycles. The number of likely N-dealkylation sites (tertiary alicyclic amines) is 1. The zero-order valence-corrected chi connectivity index (χ0v) is 15.9. The summed E-state index contributed by atoms with van der Waals surface area (Å²) >= 11 is 0. The van der Waals surface area contributed by atoms with E-state index in [1.54, 1.807) is 0 Å². The Morgan fingerprint density at radius 2 is 2.27 bits per heavy atom. The van der Waals surface area contributed by atoms with Crippen LogP contribution in [0.15, 0.2) is 4.99 Å². The van der Waals surface area contributed by atoms with Crippen LogP contribution >= 0.6 is 0 Å². The molecule has 26 heavy (non-hydrogen) atoms. The molecular weight excluding hydrogens is 332 g/mol. The van der Waals surface area contributed by atoms with E-state index in [9.17, 15) is 0 Å². The third kappa shape index (κ3) is 3.71. The summed E-state index contributed by atoms with van der Waals surface area (Å²) in [7, 11) is 1.99. The molecule has 0 saturated carbocycles. The Labute approximate surface area is 155 Å². The van der Waals surface area contributed by atoms with Gasteiger partial charge in [0.1, 0.15) is 12.4 Å². The molecule has 0 bridgehead atoms. The molecule has 8 heteroatoms. The lowest BCUT2D eigenvalue weighted by atomic mass is 9.87. The van der Waals surface area contributed by atoms with Gasteiger partial charge in [0.25, 0.3) is 0 Å². The second kappa shape index (κ2) is 7.52. The second-order valence-corrected chi connectivity index (χ2v) is 7.85. The lowest BCUT2D eigenvalue weighted by Gasteiger charge is -2.26. The highest BCUT2D eigenvalue weighted by Gasteiger charge is 2.42. The molecule has 1 spiro atoms. The lowest BCUT2D eigenvalue weighted by Crippen LogP contribution is -2.44. The largest absolute Gasteiger partial charge is 0.381 e. The van der Waals surface area contributed by atoms with Crippen molar-refractivity contribution in [2.75, 3.05) is 39.5 Å². The zero-order valence-electron chi connectivity index (χ0n) is 15.9. The average Bonchev–Trinajstić information content (AvgIpc) is 3.43. The molecule has 0 aromatic carbocycles. The quantitative estimate of drug-likeness (QED) is 0.632. The molecule has 3 fully saturated rings. The Bertz CT molecular complexity index is 646. The summed E-state index contributed by atoms with van der Waals surface area (Å²) in [5.41, 5.74) is 0.313. The maximum Gasteiger partial charge on any atom is 0.194 e. The number of ether oxygens (including phenoxy) is 2. The van der Waals surface area contributed by atoms with Gasteiger partial charge >= 0.3 is 0 Å². The summed E-state index contributed by atoms with van der Waals surface area (Å²) in [6, 6.07) is 0.